The van der Waals surface area contributed by atoms with Crippen LogP contribution in [0.3, 0.4) is 0 Å². The topological polar surface area (TPSA) is 237 Å². The van der Waals surface area contributed by atoms with Crippen LogP contribution in [0.2, 0.25) is 0 Å². The smallest absolute Gasteiger partial charge is 0.462 e. The van der Waals surface area contributed by atoms with E-state index in [1.54, 1.807) is 0 Å². The van der Waals surface area contributed by atoms with Crippen LogP contribution in [0.5, 0.6) is 0 Å². The fraction of sp³-hybridized carbons (Fsp3) is 0.955. The first-order valence-electron chi connectivity index (χ1n) is 46.0. The van der Waals surface area contributed by atoms with E-state index >= 15 is 0 Å². The summed E-state index contributed by atoms with van der Waals surface area (Å²) in [6.45, 7) is 9.67. The molecule has 17 nitrogen and oxygen atoms in total. The lowest BCUT2D eigenvalue weighted by Gasteiger charge is -2.21. The van der Waals surface area contributed by atoms with Crippen molar-refractivity contribution in [3.8, 4) is 0 Å². The molecule has 0 bridgehead atoms. The fourth-order valence-electron chi connectivity index (χ4n) is 14.0. The van der Waals surface area contributed by atoms with Gasteiger partial charge in [-0.2, -0.15) is 0 Å². The van der Waals surface area contributed by atoms with Gasteiger partial charge in [0, 0.05) is 25.7 Å². The van der Waals surface area contributed by atoms with Crippen LogP contribution in [0.1, 0.15) is 478 Å². The predicted octanol–water partition coefficient (Wildman–Crippen LogP) is 27.4. The van der Waals surface area contributed by atoms with E-state index < -0.39 is 97.5 Å². The Morgan fingerprint density at radius 2 is 0.426 bits per heavy atom. The Hall–Kier alpha value is -1.94. The third-order valence-corrected chi connectivity index (χ3v) is 22.9. The lowest BCUT2D eigenvalue weighted by molar-refractivity contribution is -0.161. The van der Waals surface area contributed by atoms with Gasteiger partial charge in [-0.3, -0.25) is 37.3 Å². The molecular formula is C89H174O17P2. The van der Waals surface area contributed by atoms with E-state index in [0.29, 0.717) is 25.7 Å². The lowest BCUT2D eigenvalue weighted by Crippen LogP contribution is -2.30. The van der Waals surface area contributed by atoms with Gasteiger partial charge in [0.15, 0.2) is 12.2 Å². The number of esters is 4. The standard InChI is InChI=1S/C89H174O17P2/c1-7-9-11-13-15-17-19-21-23-25-27-28-29-30-32-34-39-43-47-55-61-67-73-88(93)105-84(77-99-86(91)71-65-59-53-46-42-38-33-31-26-24-22-20-18-16-14-12-10-8-2)79-103-107(95,96)101-75-83(90)76-102-108(97,98)104-80-85(78-100-87(92)72-66-60-54-50-49-52-58-64-70-82(5)6)106-89(94)74-68-62-56-48-44-40-36-35-37-41-45-51-57-63-69-81(3)4/h81-85,90H,7-80H2,1-6H3,(H,95,96)(H,97,98)/t83-,84-,85-/m1/s1. The lowest BCUT2D eigenvalue weighted by atomic mass is 10.0. The fourth-order valence-corrected chi connectivity index (χ4v) is 15.5. The van der Waals surface area contributed by atoms with Crippen molar-refractivity contribution in [3.05, 3.63) is 0 Å². The average molecular weight is 1580 g/mol. The molecule has 3 N–H and O–H groups in total. The third kappa shape index (κ3) is 82.1. The molecule has 0 amide bonds. The summed E-state index contributed by atoms with van der Waals surface area (Å²) >= 11 is 0. The number of carbonyl (C=O) groups excluding carboxylic acids is 4. The van der Waals surface area contributed by atoms with Crippen LogP contribution in [0.15, 0.2) is 0 Å². The Bertz CT molecular complexity index is 2060. The third-order valence-electron chi connectivity index (χ3n) is 21.0. The van der Waals surface area contributed by atoms with E-state index in [4.69, 9.17) is 37.0 Å². The van der Waals surface area contributed by atoms with Gasteiger partial charge in [-0.25, -0.2) is 9.13 Å². The van der Waals surface area contributed by atoms with Gasteiger partial charge < -0.3 is 33.8 Å². The van der Waals surface area contributed by atoms with Crippen molar-refractivity contribution in [1.29, 1.82) is 0 Å². The molecule has 0 saturated heterocycles. The van der Waals surface area contributed by atoms with Gasteiger partial charge in [-0.05, 0) is 37.5 Å². The Balaban J connectivity index is 5.23. The summed E-state index contributed by atoms with van der Waals surface area (Å²) in [5.74, 6) is -0.578. The van der Waals surface area contributed by atoms with Crippen molar-refractivity contribution in [2.75, 3.05) is 39.6 Å². The highest BCUT2D eigenvalue weighted by Gasteiger charge is 2.31. The molecule has 0 heterocycles. The number of phosphoric acid groups is 2. The number of rotatable bonds is 88. The first kappa shape index (κ1) is 106. The number of unbranched alkanes of at least 4 members (excludes halogenated alkanes) is 58. The highest BCUT2D eigenvalue weighted by Crippen LogP contribution is 2.45. The Kier molecular flexibility index (Phi) is 78.8. The van der Waals surface area contributed by atoms with Gasteiger partial charge in [-0.1, -0.05) is 427 Å². The summed E-state index contributed by atoms with van der Waals surface area (Å²) in [6.07, 6.45) is 73.8. The molecule has 0 aliphatic heterocycles. The zero-order chi connectivity index (χ0) is 79.2. The minimum absolute atomic E-state index is 0.107. The van der Waals surface area contributed by atoms with Gasteiger partial charge in [0.2, 0.25) is 0 Å². The first-order valence-corrected chi connectivity index (χ1v) is 49.0. The highest BCUT2D eigenvalue weighted by atomic mass is 31.2. The Morgan fingerprint density at radius 1 is 0.250 bits per heavy atom. The molecule has 0 aliphatic rings. The van der Waals surface area contributed by atoms with Crippen molar-refractivity contribution in [1.82, 2.24) is 0 Å². The van der Waals surface area contributed by atoms with E-state index in [-0.39, 0.29) is 25.7 Å². The Labute approximate surface area is 664 Å². The molecule has 0 radical (unpaired) electrons. The van der Waals surface area contributed by atoms with Crippen LogP contribution in [-0.4, -0.2) is 96.7 Å². The molecule has 108 heavy (non-hydrogen) atoms. The number of carbonyl (C=O) groups is 4. The molecule has 0 aromatic rings. The zero-order valence-corrected chi connectivity index (χ0v) is 73.0. The summed E-state index contributed by atoms with van der Waals surface area (Å²) in [4.78, 5) is 73.3. The monoisotopic (exact) mass is 1580 g/mol. The molecule has 0 aromatic carbocycles. The summed E-state index contributed by atoms with van der Waals surface area (Å²) < 4.78 is 69.0. The van der Waals surface area contributed by atoms with Crippen molar-refractivity contribution < 1.29 is 80.2 Å². The molecule has 0 aliphatic carbocycles. The number of aliphatic hydroxyl groups is 1. The van der Waals surface area contributed by atoms with Crippen molar-refractivity contribution >= 4 is 39.5 Å². The van der Waals surface area contributed by atoms with Gasteiger partial charge >= 0.3 is 39.5 Å². The maximum atomic E-state index is 13.2. The van der Waals surface area contributed by atoms with E-state index in [1.165, 1.54) is 295 Å². The van der Waals surface area contributed by atoms with E-state index in [0.717, 1.165) is 102 Å². The molecule has 642 valence electrons. The van der Waals surface area contributed by atoms with E-state index in [1.807, 2.05) is 0 Å². The number of hydrogen-bond acceptors (Lipinski definition) is 15. The molecule has 0 aromatic heterocycles. The van der Waals surface area contributed by atoms with Crippen LogP contribution in [0, 0.1) is 11.8 Å². The minimum atomic E-state index is -4.97. The van der Waals surface area contributed by atoms with Crippen molar-refractivity contribution in [3.63, 3.8) is 0 Å². The number of hydrogen-bond donors (Lipinski definition) is 3. The maximum Gasteiger partial charge on any atom is 0.472 e. The van der Waals surface area contributed by atoms with Crippen molar-refractivity contribution in [2.45, 2.75) is 496 Å². The number of ether oxygens (including phenoxy) is 4. The second kappa shape index (κ2) is 80.3. The highest BCUT2D eigenvalue weighted by molar-refractivity contribution is 7.47. The van der Waals surface area contributed by atoms with E-state index in [9.17, 15) is 43.2 Å². The summed E-state index contributed by atoms with van der Waals surface area (Å²) in [6, 6.07) is 0. The Morgan fingerprint density at radius 3 is 0.630 bits per heavy atom. The summed E-state index contributed by atoms with van der Waals surface area (Å²) in [7, 11) is -9.93. The minimum Gasteiger partial charge on any atom is -0.462 e. The van der Waals surface area contributed by atoms with Gasteiger partial charge in [-0.15, -0.1) is 0 Å². The molecule has 5 atom stereocenters. The van der Waals surface area contributed by atoms with Crippen LogP contribution in [0.4, 0.5) is 0 Å². The normalized spacial score (nSPS) is 13.8. The van der Waals surface area contributed by atoms with Gasteiger partial charge in [0.25, 0.3) is 0 Å². The number of phosphoric ester groups is 2. The van der Waals surface area contributed by atoms with Crippen LogP contribution >= 0.6 is 15.6 Å². The quantitative estimate of drug-likeness (QED) is 0.0222. The molecule has 19 heteroatoms. The first-order chi connectivity index (χ1) is 52.4. The van der Waals surface area contributed by atoms with Crippen LogP contribution in [-0.2, 0) is 65.4 Å². The predicted molar refractivity (Wildman–Crippen MR) is 446 cm³/mol. The average Bonchev–Trinajstić information content (AvgIpc) is 0.899. The summed E-state index contributed by atoms with van der Waals surface area (Å²) in [5, 5.41) is 10.7. The maximum absolute atomic E-state index is 13.2. The molecule has 0 saturated carbocycles. The van der Waals surface area contributed by atoms with Gasteiger partial charge in [0.05, 0.1) is 26.4 Å². The molecule has 0 fully saturated rings. The van der Waals surface area contributed by atoms with Crippen molar-refractivity contribution in [2.24, 2.45) is 11.8 Å². The number of aliphatic hydroxyl groups excluding tert-OH is 1. The second-order valence-corrected chi connectivity index (χ2v) is 35.8. The largest absolute Gasteiger partial charge is 0.472 e. The van der Waals surface area contributed by atoms with Crippen LogP contribution in [0.25, 0.3) is 0 Å². The van der Waals surface area contributed by atoms with E-state index in [2.05, 4.69) is 41.5 Å². The van der Waals surface area contributed by atoms with Gasteiger partial charge in [0.1, 0.15) is 19.3 Å². The molecule has 0 spiro atoms. The molecule has 0 rings (SSSR count). The second-order valence-electron chi connectivity index (χ2n) is 32.9. The molecular weight excluding hydrogens is 1400 g/mol. The zero-order valence-electron chi connectivity index (χ0n) is 71.2. The SMILES string of the molecule is CCCCCCCCCCCCCCCCCCCCCCCCC(=O)O[C@H](COC(=O)CCCCCCCCCCCCCCCCCCCC)COP(=O)(O)OC[C@@H](O)COP(=O)(O)OC[C@@H](COC(=O)CCCCCCCCCCC(C)C)OC(=O)CCCCCCCCCCCCCCCCC(C)C. The molecule has 2 unspecified atom stereocenters. The van der Waals surface area contributed by atoms with Crippen LogP contribution < -0.4 is 0 Å². The summed E-state index contributed by atoms with van der Waals surface area (Å²) in [5.41, 5.74) is 0.